The monoisotopic (exact) mass is 365 g/mol. The van der Waals surface area contributed by atoms with E-state index in [1.807, 2.05) is 26.8 Å². The number of hydrogen-bond donors (Lipinski definition) is 0. The zero-order chi connectivity index (χ0) is 19.2. The van der Waals surface area contributed by atoms with E-state index in [1.165, 1.54) is 12.4 Å². The number of rotatable bonds is 3. The maximum absolute atomic E-state index is 13.1. The maximum Gasteiger partial charge on any atom is 0.237 e. The number of alkyl halides is 1. The van der Waals surface area contributed by atoms with Gasteiger partial charge in [-0.25, -0.2) is 24.3 Å². The number of carbonyl (C=O) groups excluding carboxylic acids is 1. The van der Waals surface area contributed by atoms with Gasteiger partial charge in [0.05, 0.1) is 23.5 Å². The first-order chi connectivity index (χ1) is 12.9. The highest BCUT2D eigenvalue weighted by Crippen LogP contribution is 2.50. The van der Waals surface area contributed by atoms with Gasteiger partial charge in [-0.2, -0.15) is 0 Å². The van der Waals surface area contributed by atoms with Gasteiger partial charge >= 0.3 is 0 Å². The highest BCUT2D eigenvalue weighted by Gasteiger charge is 2.51. The third kappa shape index (κ3) is 2.83. The number of carbonyl (C=O) groups is 1. The van der Waals surface area contributed by atoms with Crippen molar-refractivity contribution in [2.24, 2.45) is 11.3 Å². The lowest BCUT2D eigenvalue weighted by atomic mass is 9.75. The quantitative estimate of drug-likeness (QED) is 0.834. The number of fused-ring (bicyclic) bond motifs is 1. The first-order valence-corrected chi connectivity index (χ1v) is 8.84. The number of anilines is 1. The molecular weight excluding hydrogens is 345 g/mol. The normalized spacial score (nSPS) is 21.0. The second-order valence-corrected chi connectivity index (χ2v) is 7.39. The lowest BCUT2D eigenvalue weighted by Gasteiger charge is -2.26. The molecule has 1 fully saturated rings. The van der Waals surface area contributed by atoms with E-state index in [4.69, 9.17) is 0 Å². The van der Waals surface area contributed by atoms with E-state index in [9.17, 15) is 9.18 Å². The van der Waals surface area contributed by atoms with Crippen molar-refractivity contribution in [3.05, 3.63) is 59.8 Å². The van der Waals surface area contributed by atoms with Crippen LogP contribution in [0.4, 0.5) is 10.1 Å². The Hall–Kier alpha value is -2.96. The second-order valence-electron chi connectivity index (χ2n) is 7.39. The van der Waals surface area contributed by atoms with E-state index in [0.29, 0.717) is 11.5 Å². The van der Waals surface area contributed by atoms with Gasteiger partial charge in [-0.1, -0.05) is 19.9 Å². The second kappa shape index (κ2) is 6.33. The lowest BCUT2D eigenvalue weighted by molar-refractivity contribution is -0.125. The van der Waals surface area contributed by atoms with Gasteiger partial charge in [-0.15, -0.1) is 0 Å². The molecule has 7 heteroatoms. The molecule has 0 aromatic carbocycles. The Morgan fingerprint density at radius 3 is 2.44 bits per heavy atom. The van der Waals surface area contributed by atoms with Crippen LogP contribution in [0.25, 0.3) is 5.57 Å². The van der Waals surface area contributed by atoms with Crippen molar-refractivity contribution in [1.82, 2.24) is 19.9 Å². The molecule has 1 amide bonds. The van der Waals surface area contributed by atoms with Gasteiger partial charge in [0.25, 0.3) is 0 Å². The fourth-order valence-corrected chi connectivity index (χ4v) is 3.67. The lowest BCUT2D eigenvalue weighted by Crippen LogP contribution is -2.31. The number of aromatic nitrogens is 4. The largest absolute Gasteiger partial charge is 0.281 e. The summed E-state index contributed by atoms with van der Waals surface area (Å²) in [5.74, 6) is 0.868. The summed E-state index contributed by atoms with van der Waals surface area (Å²) in [5.41, 5.74) is 2.81. The van der Waals surface area contributed by atoms with Gasteiger partial charge < -0.3 is 0 Å². The molecule has 0 radical (unpaired) electrons. The molecule has 1 saturated heterocycles. The van der Waals surface area contributed by atoms with Crippen LogP contribution >= 0.6 is 0 Å². The number of halogens is 1. The molecule has 138 valence electrons. The van der Waals surface area contributed by atoms with Crippen LogP contribution < -0.4 is 4.90 Å². The molecule has 27 heavy (non-hydrogen) atoms. The Bertz CT molecular complexity index is 947. The van der Waals surface area contributed by atoms with Gasteiger partial charge in [0.1, 0.15) is 12.5 Å². The smallest absolute Gasteiger partial charge is 0.237 e. The van der Waals surface area contributed by atoms with E-state index < -0.39 is 12.1 Å². The Kier molecular flexibility index (Phi) is 4.09. The molecule has 4 rings (SSSR count). The Morgan fingerprint density at radius 1 is 1.15 bits per heavy atom. The number of aryl methyl sites for hydroxylation is 1. The molecule has 0 saturated carbocycles. The molecule has 0 spiro atoms. The van der Waals surface area contributed by atoms with Crippen LogP contribution in [0.3, 0.4) is 0 Å². The molecule has 1 aliphatic carbocycles. The van der Waals surface area contributed by atoms with Gasteiger partial charge in [-0.3, -0.25) is 9.69 Å². The first-order valence-electron chi connectivity index (χ1n) is 8.84. The van der Waals surface area contributed by atoms with E-state index in [0.717, 1.165) is 23.3 Å². The topological polar surface area (TPSA) is 71.9 Å². The average molecular weight is 365 g/mol. The van der Waals surface area contributed by atoms with Crippen LogP contribution in [0.1, 0.15) is 37.5 Å². The number of nitrogens with zero attached hydrogens (tertiary/aromatic N) is 5. The number of allylic oxidation sites excluding steroid dienone is 4. The predicted octanol–water partition coefficient (Wildman–Crippen LogP) is 3.40. The van der Waals surface area contributed by atoms with Gasteiger partial charge in [-0.05, 0) is 25.0 Å². The molecule has 2 aliphatic rings. The molecule has 2 aromatic rings. The minimum atomic E-state index is -0.731. The van der Waals surface area contributed by atoms with E-state index in [1.54, 1.807) is 17.3 Å². The van der Waals surface area contributed by atoms with E-state index in [2.05, 4.69) is 26.0 Å². The SMILES string of the molecule is Cc1ncc(C2=CCC3C(=C2)N(c2cnc(CF)nc2)C(=O)C3(C)C)cn1. The van der Waals surface area contributed by atoms with E-state index in [-0.39, 0.29) is 17.6 Å². The zero-order valence-electron chi connectivity index (χ0n) is 15.5. The summed E-state index contributed by atoms with van der Waals surface area (Å²) in [6.45, 7) is 5.02. The Labute approximate surface area is 156 Å². The number of amides is 1. The summed E-state index contributed by atoms with van der Waals surface area (Å²) >= 11 is 0. The third-order valence-electron chi connectivity index (χ3n) is 5.30. The molecule has 6 nitrogen and oxygen atoms in total. The zero-order valence-corrected chi connectivity index (χ0v) is 15.5. The molecule has 1 aliphatic heterocycles. The minimum Gasteiger partial charge on any atom is -0.281 e. The van der Waals surface area contributed by atoms with Crippen molar-refractivity contribution in [3.63, 3.8) is 0 Å². The molecular formula is C20H20FN5O. The summed E-state index contributed by atoms with van der Waals surface area (Å²) < 4.78 is 12.7. The fourth-order valence-electron chi connectivity index (χ4n) is 3.67. The van der Waals surface area contributed by atoms with Crippen LogP contribution in [-0.2, 0) is 11.5 Å². The number of hydrogen-bond acceptors (Lipinski definition) is 5. The highest BCUT2D eigenvalue weighted by molar-refractivity contribution is 6.04. The highest BCUT2D eigenvalue weighted by atomic mass is 19.1. The molecule has 3 heterocycles. The van der Waals surface area contributed by atoms with Gasteiger partial charge in [0.2, 0.25) is 5.91 Å². The summed E-state index contributed by atoms with van der Waals surface area (Å²) in [5, 5.41) is 0. The van der Waals surface area contributed by atoms with Crippen LogP contribution in [0.15, 0.2) is 42.6 Å². The molecule has 1 unspecified atom stereocenters. The van der Waals surface area contributed by atoms with Crippen molar-refractivity contribution >= 4 is 17.2 Å². The summed E-state index contributed by atoms with van der Waals surface area (Å²) in [6.07, 6.45) is 11.5. The minimum absolute atomic E-state index is 0.00912. The summed E-state index contributed by atoms with van der Waals surface area (Å²) in [4.78, 5) is 31.3. The standard InChI is InChI=1S/C20H20FN5O/c1-12-22-8-14(9-23-12)13-4-5-16-17(6-13)26(19(27)20(16,2)3)15-10-24-18(7-21)25-11-15/h4,6,8-11,16H,5,7H2,1-3H3. The molecule has 0 N–H and O–H groups in total. The summed E-state index contributed by atoms with van der Waals surface area (Å²) in [6, 6.07) is 0. The van der Waals surface area contributed by atoms with Gasteiger partial charge in [0.15, 0.2) is 5.82 Å². The van der Waals surface area contributed by atoms with Crippen molar-refractivity contribution < 1.29 is 9.18 Å². The molecule has 0 bridgehead atoms. The first kappa shape index (κ1) is 17.5. The average Bonchev–Trinajstić information content (AvgIpc) is 2.88. The third-order valence-corrected chi connectivity index (χ3v) is 5.30. The predicted molar refractivity (Wildman–Crippen MR) is 99.0 cm³/mol. The Balaban J connectivity index is 1.77. The van der Waals surface area contributed by atoms with Crippen LogP contribution in [0.5, 0.6) is 0 Å². The molecule has 1 atom stereocenters. The van der Waals surface area contributed by atoms with E-state index >= 15 is 0 Å². The maximum atomic E-state index is 13.1. The van der Waals surface area contributed by atoms with Crippen LogP contribution in [0.2, 0.25) is 0 Å². The fraction of sp³-hybridized carbons (Fsp3) is 0.350. The van der Waals surface area contributed by atoms with Gasteiger partial charge in [0, 0.05) is 29.6 Å². The van der Waals surface area contributed by atoms with Crippen molar-refractivity contribution in [2.75, 3.05) is 4.90 Å². The molecule has 2 aromatic heterocycles. The van der Waals surface area contributed by atoms with Crippen LogP contribution in [0, 0.1) is 18.3 Å². The van der Waals surface area contributed by atoms with Crippen molar-refractivity contribution in [1.29, 1.82) is 0 Å². The van der Waals surface area contributed by atoms with Crippen LogP contribution in [-0.4, -0.2) is 25.8 Å². The Morgan fingerprint density at radius 2 is 1.81 bits per heavy atom. The summed E-state index contributed by atoms with van der Waals surface area (Å²) in [7, 11) is 0. The van der Waals surface area contributed by atoms with Crippen molar-refractivity contribution in [3.8, 4) is 0 Å². The van der Waals surface area contributed by atoms with Crippen molar-refractivity contribution in [2.45, 2.75) is 33.9 Å².